The molecule has 0 fully saturated rings. The first-order valence-corrected chi connectivity index (χ1v) is 9.99. The van der Waals surface area contributed by atoms with Crippen molar-refractivity contribution in [2.45, 2.75) is 5.92 Å². The second-order valence-electron chi connectivity index (χ2n) is 7.32. The van der Waals surface area contributed by atoms with Gasteiger partial charge in [-0.1, -0.05) is 65.9 Å². The second kappa shape index (κ2) is 7.99. The lowest BCUT2D eigenvalue weighted by atomic mass is 9.98. The number of carboxylic acid groups (broad SMARTS) is 1. The summed E-state index contributed by atoms with van der Waals surface area (Å²) in [5.74, 6) is -1.23. The average Bonchev–Trinajstić information content (AvgIpc) is 3.42. The van der Waals surface area contributed by atoms with E-state index in [1.807, 2.05) is 24.3 Å². The van der Waals surface area contributed by atoms with Crippen molar-refractivity contribution in [1.29, 1.82) is 0 Å². The molecule has 3 aromatic carbocycles. The molecule has 4 aromatic rings. The molecule has 1 heterocycles. The molecule has 158 valence electrons. The van der Waals surface area contributed by atoms with Crippen LogP contribution < -0.4 is 5.32 Å². The number of fused-ring (bicyclic) bond motifs is 3. The van der Waals surface area contributed by atoms with Crippen LogP contribution in [-0.4, -0.2) is 38.8 Å². The minimum Gasteiger partial charge on any atom is -0.476 e. The molecule has 0 saturated carbocycles. The van der Waals surface area contributed by atoms with Crippen LogP contribution in [0.3, 0.4) is 0 Å². The second-order valence-corrected chi connectivity index (χ2v) is 7.32. The van der Waals surface area contributed by atoms with E-state index in [4.69, 9.17) is 9.84 Å². The van der Waals surface area contributed by atoms with Crippen molar-refractivity contribution in [1.82, 2.24) is 15.0 Å². The number of anilines is 1. The van der Waals surface area contributed by atoms with Gasteiger partial charge in [-0.25, -0.2) is 14.3 Å². The number of carbonyl (C=O) groups is 2. The Bertz CT molecular complexity index is 1290. The first kappa shape index (κ1) is 19.5. The van der Waals surface area contributed by atoms with Crippen molar-refractivity contribution in [2.24, 2.45) is 0 Å². The number of aromatic nitrogens is 3. The van der Waals surface area contributed by atoms with Gasteiger partial charge in [0.25, 0.3) is 0 Å². The largest absolute Gasteiger partial charge is 0.476 e. The van der Waals surface area contributed by atoms with Crippen molar-refractivity contribution in [2.75, 3.05) is 11.9 Å². The number of nitrogens with one attached hydrogen (secondary N) is 1. The molecule has 0 bridgehead atoms. The lowest BCUT2D eigenvalue weighted by Gasteiger charge is -2.15. The van der Waals surface area contributed by atoms with Gasteiger partial charge in [-0.2, -0.15) is 0 Å². The van der Waals surface area contributed by atoms with Crippen LogP contribution in [0, 0.1) is 0 Å². The minimum atomic E-state index is -1.18. The molecule has 8 nitrogen and oxygen atoms in total. The zero-order chi connectivity index (χ0) is 22.1. The average molecular weight is 426 g/mol. The van der Waals surface area contributed by atoms with E-state index < -0.39 is 12.1 Å². The lowest BCUT2D eigenvalue weighted by molar-refractivity contribution is 0.0690. The third-order valence-electron chi connectivity index (χ3n) is 5.44. The molecule has 5 rings (SSSR count). The summed E-state index contributed by atoms with van der Waals surface area (Å²) >= 11 is 0. The van der Waals surface area contributed by atoms with Crippen LogP contribution >= 0.6 is 0 Å². The molecule has 0 radical (unpaired) electrons. The number of nitrogens with zero attached hydrogens (tertiary/aromatic N) is 3. The van der Waals surface area contributed by atoms with Gasteiger partial charge >= 0.3 is 12.1 Å². The standard InChI is InChI=1S/C24H18N4O4/c29-23(30)21-13-28(27-26-21)22-12-6-5-11-20(22)25-24(31)32-14-19-17-9-3-1-7-15(17)16-8-2-4-10-18(16)19/h1-13,19H,14H2,(H,25,31)(H,29,30). The number of ether oxygens (including phenoxy) is 1. The van der Waals surface area contributed by atoms with Crippen molar-refractivity contribution < 1.29 is 19.4 Å². The third-order valence-corrected chi connectivity index (χ3v) is 5.44. The Morgan fingerprint density at radius 1 is 0.938 bits per heavy atom. The fourth-order valence-electron chi connectivity index (χ4n) is 4.00. The third kappa shape index (κ3) is 3.47. The zero-order valence-electron chi connectivity index (χ0n) is 16.8. The van der Waals surface area contributed by atoms with Crippen LogP contribution in [0.5, 0.6) is 0 Å². The van der Waals surface area contributed by atoms with Crippen LogP contribution in [0.2, 0.25) is 0 Å². The van der Waals surface area contributed by atoms with Crippen molar-refractivity contribution in [3.8, 4) is 16.8 Å². The highest BCUT2D eigenvalue weighted by atomic mass is 16.5. The van der Waals surface area contributed by atoms with Crippen molar-refractivity contribution >= 4 is 17.7 Å². The number of para-hydroxylation sites is 2. The Balaban J connectivity index is 1.33. The Morgan fingerprint density at radius 2 is 1.56 bits per heavy atom. The van der Waals surface area contributed by atoms with E-state index in [1.54, 1.807) is 24.3 Å². The molecule has 1 aliphatic carbocycles. The highest BCUT2D eigenvalue weighted by Gasteiger charge is 2.29. The fraction of sp³-hybridized carbons (Fsp3) is 0.0833. The topological polar surface area (TPSA) is 106 Å². The van der Waals surface area contributed by atoms with E-state index in [1.165, 1.54) is 10.9 Å². The smallest absolute Gasteiger partial charge is 0.411 e. The molecule has 0 aliphatic heterocycles. The molecule has 0 spiro atoms. The number of aromatic carboxylic acids is 1. The van der Waals surface area contributed by atoms with Gasteiger partial charge in [0.05, 0.1) is 17.6 Å². The molecule has 0 saturated heterocycles. The molecule has 0 unspecified atom stereocenters. The number of carboxylic acids is 1. The van der Waals surface area contributed by atoms with Gasteiger partial charge in [-0.05, 0) is 34.4 Å². The summed E-state index contributed by atoms with van der Waals surface area (Å²) in [7, 11) is 0. The summed E-state index contributed by atoms with van der Waals surface area (Å²) in [6, 6.07) is 23.1. The van der Waals surface area contributed by atoms with E-state index in [9.17, 15) is 9.59 Å². The normalized spacial score (nSPS) is 12.1. The number of amides is 1. The first-order chi connectivity index (χ1) is 15.6. The highest BCUT2D eigenvalue weighted by Crippen LogP contribution is 2.44. The van der Waals surface area contributed by atoms with E-state index in [0.717, 1.165) is 22.3 Å². The molecule has 8 heteroatoms. The molecule has 1 amide bonds. The SMILES string of the molecule is O=C(Nc1ccccc1-n1cc(C(=O)O)nn1)OCC1c2ccccc2-c2ccccc21. The van der Waals surface area contributed by atoms with Crippen molar-refractivity contribution in [3.63, 3.8) is 0 Å². The van der Waals surface area contributed by atoms with Gasteiger partial charge in [0.2, 0.25) is 0 Å². The highest BCUT2D eigenvalue weighted by molar-refractivity contribution is 5.88. The van der Waals surface area contributed by atoms with Crippen LogP contribution in [0.1, 0.15) is 27.5 Å². The van der Waals surface area contributed by atoms with E-state index in [0.29, 0.717) is 11.4 Å². The predicted molar refractivity (Wildman–Crippen MR) is 117 cm³/mol. The van der Waals surface area contributed by atoms with Crippen LogP contribution in [0.15, 0.2) is 79.0 Å². The summed E-state index contributed by atoms with van der Waals surface area (Å²) in [4.78, 5) is 23.7. The van der Waals surface area contributed by atoms with Crippen LogP contribution in [0.25, 0.3) is 16.8 Å². The quantitative estimate of drug-likeness (QED) is 0.492. The fourth-order valence-corrected chi connectivity index (χ4v) is 4.00. The predicted octanol–water partition coefficient (Wildman–Crippen LogP) is 4.33. The Morgan fingerprint density at radius 3 is 2.22 bits per heavy atom. The van der Waals surface area contributed by atoms with Gasteiger partial charge in [-0.15, -0.1) is 5.10 Å². The maximum absolute atomic E-state index is 12.6. The van der Waals surface area contributed by atoms with Gasteiger partial charge in [0.15, 0.2) is 5.69 Å². The maximum atomic E-state index is 12.6. The number of hydrogen-bond donors (Lipinski definition) is 2. The molecular formula is C24H18N4O4. The van der Waals surface area contributed by atoms with E-state index in [-0.39, 0.29) is 18.2 Å². The van der Waals surface area contributed by atoms with Gasteiger partial charge < -0.3 is 9.84 Å². The number of hydrogen-bond acceptors (Lipinski definition) is 5. The Kier molecular flexibility index (Phi) is 4.87. The first-order valence-electron chi connectivity index (χ1n) is 9.99. The summed E-state index contributed by atoms with van der Waals surface area (Å²) < 4.78 is 6.88. The van der Waals surface area contributed by atoms with E-state index in [2.05, 4.69) is 39.9 Å². The lowest BCUT2D eigenvalue weighted by Crippen LogP contribution is -2.19. The summed E-state index contributed by atoms with van der Waals surface area (Å²) in [5.41, 5.74) is 5.27. The van der Waals surface area contributed by atoms with Gasteiger partial charge in [-0.3, -0.25) is 5.32 Å². The Labute approximate surface area is 183 Å². The molecular weight excluding hydrogens is 408 g/mol. The van der Waals surface area contributed by atoms with Crippen LogP contribution in [0.4, 0.5) is 10.5 Å². The molecule has 32 heavy (non-hydrogen) atoms. The molecule has 1 aromatic heterocycles. The molecule has 1 aliphatic rings. The number of rotatable bonds is 5. The summed E-state index contributed by atoms with van der Waals surface area (Å²) in [6.07, 6.45) is 0.665. The number of carbonyl (C=O) groups excluding carboxylic acids is 1. The maximum Gasteiger partial charge on any atom is 0.411 e. The number of benzene rings is 3. The molecule has 2 N–H and O–H groups in total. The van der Waals surface area contributed by atoms with Gasteiger partial charge in [0, 0.05) is 5.92 Å². The summed E-state index contributed by atoms with van der Waals surface area (Å²) in [6.45, 7) is 0.189. The minimum absolute atomic E-state index is 0.0446. The van der Waals surface area contributed by atoms with Crippen LogP contribution in [-0.2, 0) is 4.74 Å². The Hall–Kier alpha value is -4.46. The van der Waals surface area contributed by atoms with E-state index >= 15 is 0 Å². The van der Waals surface area contributed by atoms with Gasteiger partial charge in [0.1, 0.15) is 6.61 Å². The summed E-state index contributed by atoms with van der Waals surface area (Å²) in [5, 5.41) is 19.2. The zero-order valence-corrected chi connectivity index (χ0v) is 16.8. The monoisotopic (exact) mass is 426 g/mol. The van der Waals surface area contributed by atoms with Crippen molar-refractivity contribution in [3.05, 3.63) is 95.8 Å². The molecule has 0 atom stereocenters.